The number of terminal acetylenes is 5. The van der Waals surface area contributed by atoms with E-state index in [0.717, 1.165) is 166 Å². The molecule has 45 atom stereocenters. The van der Waals surface area contributed by atoms with Crippen LogP contribution in [0.4, 0.5) is 0 Å². The molecule has 3 unspecified atom stereocenters. The molecule has 0 aromatic heterocycles. The van der Waals surface area contributed by atoms with Gasteiger partial charge >= 0.3 is 18.9 Å². The topological polar surface area (TPSA) is 338 Å². The maximum absolute atomic E-state index is 12.8. The minimum Gasteiger partial charge on any atom is -0.697 e. The zero-order valence-corrected chi connectivity index (χ0v) is 91.1. The molecule has 21 aliphatic rings. The predicted molar refractivity (Wildman–Crippen MR) is 550 cm³/mol. The number of ether oxygens (including phenoxy) is 5. The number of nitrogens with two attached hydrogens (primary N) is 2. The molecule has 0 radical (unpaired) electrons. The molecule has 20 heteroatoms. The van der Waals surface area contributed by atoms with Crippen molar-refractivity contribution in [3.8, 4) is 55.8 Å². The summed E-state index contributed by atoms with van der Waals surface area (Å²) in [6.07, 6.45) is 68.7. The van der Waals surface area contributed by atoms with E-state index in [2.05, 4.69) is 155 Å². The molecular weight excluding hydrogens is 1760 g/mol. The summed E-state index contributed by atoms with van der Waals surface area (Å²) in [6.45, 7) is 44.4. The molecule has 0 aromatic rings. The summed E-state index contributed by atoms with van der Waals surface area (Å²) < 4.78 is 31.4. The van der Waals surface area contributed by atoms with Crippen LogP contribution in [0, 0.1) is 258 Å². The van der Waals surface area contributed by atoms with E-state index in [4.69, 9.17) is 67.3 Å². The van der Waals surface area contributed by atoms with E-state index in [0.29, 0.717) is 138 Å². The number of hydrogen-bond acceptors (Lipinski definition) is 19. The fourth-order valence-electron chi connectivity index (χ4n) is 38.8. The van der Waals surface area contributed by atoms with Crippen LogP contribution in [0.3, 0.4) is 0 Å². The fraction of sp³-hybridized carbons (Fsp3) is 0.909. The van der Waals surface area contributed by atoms with Gasteiger partial charge in [0.25, 0.3) is 0 Å². The van der Waals surface area contributed by atoms with Gasteiger partial charge in [-0.3, -0.25) is 4.79 Å². The van der Waals surface area contributed by atoms with E-state index in [1.807, 2.05) is 0 Å². The normalized spacial score (nSPS) is 53.3. The number of fused-ring (bicyclic) bond motifs is 23. The summed E-state index contributed by atoms with van der Waals surface area (Å²) in [5, 5.41) is 117. The second-order valence-electron chi connectivity index (χ2n) is 54.5. The van der Waals surface area contributed by atoms with Crippen molar-refractivity contribution >= 4 is 5.78 Å². The van der Waals surface area contributed by atoms with E-state index in [9.17, 15) is 61.0 Å². The van der Waals surface area contributed by atoms with Gasteiger partial charge in [-0.25, -0.2) is 0 Å². The second kappa shape index (κ2) is 43.1. The molecule has 15 N–H and O–H groups in total. The van der Waals surface area contributed by atoms with Gasteiger partial charge in [0.05, 0.1) is 42.7 Å². The molecule has 0 aromatic carbocycles. The molecule has 21 rings (SSSR count). The van der Waals surface area contributed by atoms with Crippen LogP contribution >= 0.6 is 0 Å². The van der Waals surface area contributed by atoms with Gasteiger partial charge in [-0.1, -0.05) is 146 Å². The zero-order chi connectivity index (χ0) is 103. The molecule has 3 aliphatic heterocycles. The van der Waals surface area contributed by atoms with E-state index in [1.165, 1.54) is 70.6 Å². The molecule has 0 spiro atoms. The van der Waals surface area contributed by atoms with E-state index < -0.39 is 46.2 Å². The van der Waals surface area contributed by atoms with Crippen LogP contribution in [0.2, 0.25) is 0 Å². The van der Waals surface area contributed by atoms with Crippen molar-refractivity contribution in [2.75, 3.05) is 52.7 Å². The Morgan fingerprint density at radius 2 is 0.652 bits per heavy atom. The smallest absolute Gasteiger partial charge is 0.697 e. The first-order chi connectivity index (χ1) is 65.8. The van der Waals surface area contributed by atoms with Gasteiger partial charge in [0, 0.05) is 86.2 Å². The van der Waals surface area contributed by atoms with Crippen LogP contribution in [0.15, 0.2) is 0 Å². The van der Waals surface area contributed by atoms with Crippen molar-refractivity contribution in [3.63, 3.8) is 0 Å². The van der Waals surface area contributed by atoms with Crippen molar-refractivity contribution in [3.05, 3.63) is 6.42 Å². The largest absolute Gasteiger partial charge is 1.00 e. The van der Waals surface area contributed by atoms with Gasteiger partial charge in [-0.2, -0.15) is 0 Å². The quantitative estimate of drug-likeness (QED) is 0.0640. The van der Waals surface area contributed by atoms with Gasteiger partial charge < -0.3 is 104 Å². The van der Waals surface area contributed by atoms with Gasteiger partial charge in [0.1, 0.15) is 28.2 Å². The monoisotopic (exact) mass is 1960 g/mol. The van der Waals surface area contributed by atoms with Crippen LogP contribution in [0.5, 0.6) is 0 Å². The number of ketones is 1. The van der Waals surface area contributed by atoms with Gasteiger partial charge in [-0.05, 0) is 402 Å². The Morgan fingerprint density at radius 3 is 1.03 bits per heavy atom. The maximum Gasteiger partial charge on any atom is 1.00 e. The summed E-state index contributed by atoms with van der Waals surface area (Å²) >= 11 is 0. The Balaban J connectivity index is 0.000000144. The Hall–Kier alpha value is -2.65. The van der Waals surface area contributed by atoms with Crippen molar-refractivity contribution in [1.82, 2.24) is 0 Å². The number of hydrogen-bond donors (Lipinski definition) is 13. The Bertz CT molecular complexity index is 4320. The van der Waals surface area contributed by atoms with E-state index in [1.54, 1.807) is 0 Å². The van der Waals surface area contributed by atoms with Crippen LogP contribution in [-0.2, 0) is 28.5 Å². The van der Waals surface area contributed by atoms with E-state index >= 15 is 0 Å². The predicted octanol–water partition coefficient (Wildman–Crippen LogP) is 14.8. The van der Waals surface area contributed by atoms with Crippen LogP contribution in [-0.4, -0.2) is 191 Å². The first-order valence-corrected chi connectivity index (χ1v) is 56.6. The van der Waals surface area contributed by atoms with Crippen LogP contribution in [0.25, 0.3) is 0 Å². The summed E-state index contributed by atoms with van der Waals surface area (Å²) in [6, 6.07) is 0. The third-order valence-corrected chi connectivity index (χ3v) is 47.6. The molecule has 18 saturated carbocycles. The van der Waals surface area contributed by atoms with E-state index in [-0.39, 0.29) is 166 Å². The molecule has 18 aliphatic carbocycles. The Labute approximate surface area is 865 Å². The van der Waals surface area contributed by atoms with Gasteiger partial charge in [-0.15, -0.1) is 25.7 Å². The van der Waals surface area contributed by atoms with Crippen molar-refractivity contribution in [2.45, 2.75) is 439 Å². The SMILES string of the molecule is C#C[C@]1(O)CC[C@H]2C3[C@@H](O)[C@H](O)[C@H]4C[C@@H](C)CC[C@]4(C)[C@H]3CC[C@@]21C.C#C[C@]1(O)CC[C@H]2C3[C@H]4OC(C)(C)O[C@@H]4[C@H]4C[C@@H](C)CC[C@]4(C)[C@H]3CC[C@@]21C.C#C[C@]1(O)CC[C@H]2[C@H](CO)[C@@H]([C@@]3(C)CC[C@H](C)C[C@@H]3CO)CC[C@@]21C.C#C[C@]1(O)CC[C@H]2[C@H](CO)[C@@H]([C@@]3(C)CC[C@H](O)C[C@@H]3CO)CC[C@@]21C.C1CCOC1.C[C@H]1CC[C@@]2(C)[C@H](C1)[C@H]1OC(C)(C)O[C@@H]1C1[C@@H]2CC[C@]2(C)C(=O)CC[C@@H]12.NCCN.[C-]#C.[Li+]. The summed E-state index contributed by atoms with van der Waals surface area (Å²) in [5.74, 6) is 20.3. The maximum atomic E-state index is 12.8. The number of aliphatic hydroxyl groups is 11. The second-order valence-corrected chi connectivity index (χ2v) is 54.5. The molecule has 792 valence electrons. The summed E-state index contributed by atoms with van der Waals surface area (Å²) in [5.41, 5.74) is 5.17. The Kier molecular flexibility index (Phi) is 35.3. The van der Waals surface area contributed by atoms with Crippen LogP contribution < -0.4 is 30.3 Å². The molecule has 21 fully saturated rings. The number of rotatable bonds is 7. The number of carbonyl (C=O) groups is 1. The third-order valence-electron chi connectivity index (χ3n) is 47.6. The standard InChI is InChI=1S/C25H38O3.C23H36O3.C22H34O3.C22H36O3.C21H34O4.C4H8O.C2H8N2.C2H.Li/c1-7-25(26)13-10-17-19-16(9-12-24(17,25)6)23(5)11-8-15(2)14-18(23)20-21(19)28-22(3,4)27-20;1-13-8-10-22(4)15-9-11-23(5)14(6-7-17(23)24)18(15)20-19(16(22)12-13)25-21(2,3)26-20;1-5-22(25)11-8-15-17-14(7-10-21(15,22)4)20(3)9-6-13(2)12-16(20)18(23)19(17)24;1-5-22(25)11-8-19-17(14-24)18(7-10-21(19,22)4)20(3)9-6-15(2)12-16(20)13-23;1-4-21(25)10-7-18-16(13-23)17(6-9-20(18,21)3)19(2)8-5-15(24)11-14(19)12-22;1-2-4-5-3-1;3-1-2-4;1-2;/h1,15-21,26H,8-14H2,2-6H3;13-16,18-20H,6-12H2,1-5H3;1,13-19,23-25H,6-12H2,2-4H3;1,15-19,23-25H,6-14H2,2-4H3;1,14-18,22-25H,5-13H2,2-3H3;1-4H2;1-4H2;1H;/q;;;;;;;-1;+1/t15-,16-,17-,18+,19?,20+,21+,23+,24-,25-;13-,14-,15-,16+,18?,19+,20+,22+,23-;13-,14-,15-,16+,17?,18+,19+,20+,21-,22-;15-,16+,17+,18-,19-,20-,21-,22-;14-,15+,16-,17+,18+,19+,20+,21+;;;;/m00001..../s1. The molecule has 3 heterocycles. The fourth-order valence-corrected chi connectivity index (χ4v) is 38.8. The molecular formula is C121H195LiN2O17. The molecule has 0 amide bonds. The van der Waals surface area contributed by atoms with Gasteiger partial charge in [0.15, 0.2) is 11.6 Å². The Morgan fingerprint density at radius 1 is 0.340 bits per heavy atom. The average Bonchev–Trinajstić information content (AvgIpc) is 1.54. The van der Waals surface area contributed by atoms with Crippen molar-refractivity contribution in [2.24, 2.45) is 208 Å². The average molecular weight is 1960 g/mol. The number of aliphatic hydroxyl groups excluding tert-OH is 7. The molecule has 141 heavy (non-hydrogen) atoms. The molecule has 19 nitrogen and oxygen atoms in total. The van der Waals surface area contributed by atoms with Gasteiger partial charge in [0.2, 0.25) is 0 Å². The summed E-state index contributed by atoms with van der Waals surface area (Å²) in [4.78, 5) is 12.8. The number of Topliss-reactive ketones (excluding diaryl/α,β-unsaturated/α-hetero) is 1. The minimum atomic E-state index is -1.07. The third kappa shape index (κ3) is 19.4. The summed E-state index contributed by atoms with van der Waals surface area (Å²) in [7, 11) is 0. The molecule has 0 bridgehead atoms. The first-order valence-electron chi connectivity index (χ1n) is 56.6. The van der Waals surface area contributed by atoms with Crippen LogP contribution in [0.1, 0.15) is 362 Å². The minimum absolute atomic E-state index is 0. The van der Waals surface area contributed by atoms with Crippen molar-refractivity contribution < 1.29 is 104 Å². The number of carbonyl (C=O) groups excluding carboxylic acids is 1. The van der Waals surface area contributed by atoms with Crippen molar-refractivity contribution in [1.29, 1.82) is 0 Å². The molecule has 3 saturated heterocycles. The zero-order valence-electron chi connectivity index (χ0n) is 91.1. The first kappa shape index (κ1) is 115.